The quantitative estimate of drug-likeness (QED) is 0.329. The van der Waals surface area contributed by atoms with Gasteiger partial charge in [0, 0.05) is 5.39 Å². The van der Waals surface area contributed by atoms with E-state index in [9.17, 15) is 9.90 Å². The normalized spacial score (nSPS) is 19.0. The lowest BCUT2D eigenvalue weighted by molar-refractivity contribution is -0.117. The number of rotatable bonds is 6. The number of para-hydroxylation sites is 2. The number of phenolic OH excluding ortho intramolecular Hbond substituents is 1. The number of methoxy groups -OCH3 is 1. The number of ether oxygens (including phenoxy) is 3. The van der Waals surface area contributed by atoms with E-state index in [0.29, 0.717) is 41.2 Å². The third kappa shape index (κ3) is 4.53. The molecule has 2 fully saturated rings. The van der Waals surface area contributed by atoms with Crippen LogP contribution in [0.5, 0.6) is 11.5 Å². The van der Waals surface area contributed by atoms with Gasteiger partial charge in [0.15, 0.2) is 28.8 Å². The average molecular weight is 529 g/mol. The molecule has 3 aromatic carbocycles. The number of hydrogen-bond donors (Lipinski definition) is 2. The van der Waals surface area contributed by atoms with Gasteiger partial charge in [0.25, 0.3) is 5.91 Å². The summed E-state index contributed by atoms with van der Waals surface area (Å²) in [6, 6.07) is 24.0. The number of hydrogen-bond acceptors (Lipinski definition) is 9. The zero-order valence-electron chi connectivity index (χ0n) is 20.4. The second-order valence-electron chi connectivity index (χ2n) is 8.64. The second-order valence-corrected chi connectivity index (χ2v) is 9.71. The van der Waals surface area contributed by atoms with Gasteiger partial charge in [0.1, 0.15) is 5.25 Å². The van der Waals surface area contributed by atoms with Crippen LogP contribution in [-0.2, 0) is 14.3 Å². The molecule has 38 heavy (non-hydrogen) atoms. The van der Waals surface area contributed by atoms with Crippen molar-refractivity contribution < 1.29 is 24.1 Å². The number of carbonyl (C=O) groups excluding carboxylic acids is 1. The SMILES string of the molecule is COc1cc(C2S/C(=N\Nc3nc4ccccc4cc3C3OCCO3)N(c3ccccc3)C2=O)ccc1O. The average Bonchev–Trinajstić information content (AvgIpc) is 3.60. The van der Waals surface area contributed by atoms with Crippen LogP contribution in [0.4, 0.5) is 11.5 Å². The van der Waals surface area contributed by atoms with Crippen LogP contribution in [0.2, 0.25) is 0 Å². The van der Waals surface area contributed by atoms with Crippen molar-refractivity contribution in [2.75, 3.05) is 30.6 Å². The summed E-state index contributed by atoms with van der Waals surface area (Å²) in [6.07, 6.45) is -0.560. The summed E-state index contributed by atoms with van der Waals surface area (Å²) in [5.41, 5.74) is 5.99. The molecule has 6 rings (SSSR count). The van der Waals surface area contributed by atoms with Crippen LogP contribution >= 0.6 is 11.8 Å². The van der Waals surface area contributed by atoms with Gasteiger partial charge in [-0.05, 0) is 42.0 Å². The predicted molar refractivity (Wildman–Crippen MR) is 146 cm³/mol. The highest BCUT2D eigenvalue weighted by molar-refractivity contribution is 8.15. The molecule has 0 spiro atoms. The van der Waals surface area contributed by atoms with Crippen LogP contribution in [0, 0.1) is 0 Å². The molecule has 3 heterocycles. The Hall–Kier alpha value is -4.12. The number of nitrogens with zero attached hydrogens (tertiary/aromatic N) is 3. The fourth-order valence-electron chi connectivity index (χ4n) is 4.42. The van der Waals surface area contributed by atoms with Gasteiger partial charge < -0.3 is 19.3 Å². The Morgan fingerprint density at radius 3 is 2.61 bits per heavy atom. The van der Waals surface area contributed by atoms with Crippen molar-refractivity contribution >= 4 is 45.2 Å². The van der Waals surface area contributed by atoms with Crippen molar-refractivity contribution in [3.8, 4) is 11.5 Å². The lowest BCUT2D eigenvalue weighted by atomic mass is 10.1. The highest BCUT2D eigenvalue weighted by Crippen LogP contribution is 2.44. The molecule has 4 aromatic rings. The number of fused-ring (bicyclic) bond motifs is 1. The molecule has 0 aliphatic carbocycles. The van der Waals surface area contributed by atoms with E-state index in [1.54, 1.807) is 17.0 Å². The molecule has 1 unspecified atom stereocenters. The van der Waals surface area contributed by atoms with E-state index >= 15 is 0 Å². The number of amidine groups is 1. The highest BCUT2D eigenvalue weighted by Gasteiger charge is 2.40. The molecule has 1 aromatic heterocycles. The summed E-state index contributed by atoms with van der Waals surface area (Å²) in [6.45, 7) is 0.991. The lowest BCUT2D eigenvalue weighted by Gasteiger charge is -2.18. The first kappa shape index (κ1) is 24.2. The molecule has 2 aliphatic rings. The molecule has 0 saturated carbocycles. The van der Waals surface area contributed by atoms with E-state index in [-0.39, 0.29) is 11.7 Å². The number of hydrazone groups is 1. The monoisotopic (exact) mass is 528 g/mol. The minimum atomic E-state index is -0.587. The maximum absolute atomic E-state index is 13.7. The molecule has 1 atom stereocenters. The number of anilines is 2. The van der Waals surface area contributed by atoms with Crippen LogP contribution in [0.3, 0.4) is 0 Å². The van der Waals surface area contributed by atoms with Crippen molar-refractivity contribution in [2.45, 2.75) is 11.5 Å². The van der Waals surface area contributed by atoms with Crippen LogP contribution in [-0.4, -0.2) is 41.5 Å². The summed E-state index contributed by atoms with van der Waals surface area (Å²) >= 11 is 1.30. The van der Waals surface area contributed by atoms with Crippen molar-refractivity contribution in [3.05, 3.63) is 90.0 Å². The zero-order chi connectivity index (χ0) is 26.1. The van der Waals surface area contributed by atoms with E-state index in [2.05, 4.69) is 10.5 Å². The van der Waals surface area contributed by atoms with Gasteiger partial charge in [-0.3, -0.25) is 15.1 Å². The largest absolute Gasteiger partial charge is 0.504 e. The number of amides is 1. The molecule has 9 nitrogen and oxygen atoms in total. The van der Waals surface area contributed by atoms with E-state index < -0.39 is 11.5 Å². The van der Waals surface area contributed by atoms with Gasteiger partial charge in [0.2, 0.25) is 0 Å². The first-order valence-corrected chi connectivity index (χ1v) is 12.9. The Morgan fingerprint density at radius 1 is 1.05 bits per heavy atom. The standard InChI is InChI=1S/C28H24N4O5S/c1-35-23-16-18(11-12-22(23)33)24-26(34)32(19-8-3-2-4-9-19)28(38-24)31-30-25-20(27-36-13-14-37-27)15-17-7-5-6-10-21(17)29-25/h2-12,15-16,24,27,33H,13-14H2,1H3,(H,29,30)/b31-28-. The second kappa shape index (κ2) is 10.3. The molecule has 192 valence electrons. The fraction of sp³-hybridized carbons (Fsp3) is 0.179. The van der Waals surface area contributed by atoms with E-state index in [0.717, 1.165) is 16.5 Å². The molecule has 2 aliphatic heterocycles. The topological polar surface area (TPSA) is 106 Å². The van der Waals surface area contributed by atoms with Gasteiger partial charge in [-0.2, -0.15) is 0 Å². The number of aromatic hydroxyl groups is 1. The molecular formula is C28H24N4O5S. The van der Waals surface area contributed by atoms with Crippen molar-refractivity contribution in [1.82, 2.24) is 4.98 Å². The van der Waals surface area contributed by atoms with E-state index in [1.807, 2.05) is 60.7 Å². The third-order valence-electron chi connectivity index (χ3n) is 6.27. The smallest absolute Gasteiger partial charge is 0.251 e. The predicted octanol–water partition coefficient (Wildman–Crippen LogP) is 5.20. The minimum absolute atomic E-state index is 0.00780. The van der Waals surface area contributed by atoms with Gasteiger partial charge in [-0.15, -0.1) is 5.10 Å². The summed E-state index contributed by atoms with van der Waals surface area (Å²) in [4.78, 5) is 20.0. The lowest BCUT2D eigenvalue weighted by Crippen LogP contribution is -2.30. The first-order chi connectivity index (χ1) is 18.6. The Balaban J connectivity index is 1.39. The molecule has 0 bridgehead atoms. The molecule has 10 heteroatoms. The molecule has 0 radical (unpaired) electrons. The minimum Gasteiger partial charge on any atom is -0.504 e. The Bertz CT molecular complexity index is 1520. The Kier molecular flexibility index (Phi) is 6.59. The Labute approximate surface area is 223 Å². The number of benzene rings is 3. The van der Waals surface area contributed by atoms with Crippen molar-refractivity contribution in [3.63, 3.8) is 0 Å². The van der Waals surface area contributed by atoms with Crippen LogP contribution in [0.15, 0.2) is 84.0 Å². The number of pyridine rings is 1. The van der Waals surface area contributed by atoms with Crippen molar-refractivity contribution in [2.24, 2.45) is 5.10 Å². The number of phenols is 1. The molecular weight excluding hydrogens is 504 g/mol. The fourth-order valence-corrected chi connectivity index (χ4v) is 5.52. The van der Waals surface area contributed by atoms with Crippen molar-refractivity contribution in [1.29, 1.82) is 0 Å². The van der Waals surface area contributed by atoms with E-state index in [1.165, 1.54) is 24.9 Å². The van der Waals surface area contributed by atoms with E-state index in [4.69, 9.17) is 19.2 Å². The van der Waals surface area contributed by atoms with Gasteiger partial charge in [-0.25, -0.2) is 4.98 Å². The number of aromatic nitrogens is 1. The van der Waals surface area contributed by atoms with Crippen LogP contribution < -0.4 is 15.1 Å². The number of nitrogens with one attached hydrogen (secondary N) is 1. The molecule has 2 N–H and O–H groups in total. The first-order valence-electron chi connectivity index (χ1n) is 12.0. The third-order valence-corrected chi connectivity index (χ3v) is 7.46. The maximum Gasteiger partial charge on any atom is 0.251 e. The van der Waals surface area contributed by atoms with Crippen LogP contribution in [0.1, 0.15) is 22.7 Å². The summed E-state index contributed by atoms with van der Waals surface area (Å²) in [7, 11) is 1.47. The van der Waals surface area contributed by atoms with Gasteiger partial charge >= 0.3 is 0 Å². The summed E-state index contributed by atoms with van der Waals surface area (Å²) < 4.78 is 16.8. The maximum atomic E-state index is 13.7. The summed E-state index contributed by atoms with van der Waals surface area (Å²) in [5.74, 6) is 0.628. The highest BCUT2D eigenvalue weighted by atomic mass is 32.2. The molecule has 2 saturated heterocycles. The number of carbonyl (C=O) groups is 1. The zero-order valence-corrected chi connectivity index (χ0v) is 21.2. The molecule has 1 amide bonds. The summed E-state index contributed by atoms with van der Waals surface area (Å²) in [5, 5.41) is 15.5. The van der Waals surface area contributed by atoms with Gasteiger partial charge in [0.05, 0.1) is 37.1 Å². The Morgan fingerprint density at radius 2 is 1.82 bits per heavy atom. The van der Waals surface area contributed by atoms with Crippen LogP contribution in [0.25, 0.3) is 10.9 Å². The van der Waals surface area contributed by atoms with Gasteiger partial charge in [-0.1, -0.05) is 54.2 Å². The number of thioether (sulfide) groups is 1.